The van der Waals surface area contributed by atoms with Gasteiger partial charge >= 0.3 is 0 Å². The molecular formula is C14H23NO. The number of nitrogens with zero attached hydrogens (tertiary/aromatic N) is 1. The predicted octanol–water partition coefficient (Wildman–Crippen LogP) is 3.50. The van der Waals surface area contributed by atoms with Crippen LogP contribution in [0.25, 0.3) is 0 Å². The standard InChI is InChI=1S/C14H23NO/c1-4-11(3)13-9-12(10-15(13)5-2)14-7-6-8-16-14/h6-8,11-13H,4-5,9-10H2,1-3H3/t11?,12-,13-/m0/s1. The zero-order valence-electron chi connectivity index (χ0n) is 10.6. The second kappa shape index (κ2) is 5.05. The minimum atomic E-state index is 0.606. The Morgan fingerprint density at radius 2 is 2.31 bits per heavy atom. The lowest BCUT2D eigenvalue weighted by Gasteiger charge is -2.27. The van der Waals surface area contributed by atoms with E-state index in [0.29, 0.717) is 5.92 Å². The molecule has 1 unspecified atom stereocenters. The maximum Gasteiger partial charge on any atom is 0.108 e. The van der Waals surface area contributed by atoms with E-state index in [1.807, 2.05) is 6.07 Å². The van der Waals surface area contributed by atoms with Gasteiger partial charge in [-0.05, 0) is 31.0 Å². The van der Waals surface area contributed by atoms with Crippen LogP contribution in [-0.2, 0) is 0 Å². The Labute approximate surface area is 98.6 Å². The normalized spacial score (nSPS) is 28.4. The number of hydrogen-bond acceptors (Lipinski definition) is 2. The first-order valence-electron chi connectivity index (χ1n) is 6.53. The first-order chi connectivity index (χ1) is 7.76. The Hall–Kier alpha value is -0.760. The highest BCUT2D eigenvalue weighted by atomic mass is 16.3. The first kappa shape index (κ1) is 11.7. The molecule has 0 amide bonds. The van der Waals surface area contributed by atoms with Crippen LogP contribution >= 0.6 is 0 Å². The van der Waals surface area contributed by atoms with Gasteiger partial charge in [0.2, 0.25) is 0 Å². The maximum atomic E-state index is 5.55. The van der Waals surface area contributed by atoms with E-state index in [-0.39, 0.29) is 0 Å². The Bertz CT molecular complexity index is 307. The van der Waals surface area contributed by atoms with Gasteiger partial charge in [-0.25, -0.2) is 0 Å². The summed E-state index contributed by atoms with van der Waals surface area (Å²) in [6.07, 6.45) is 4.32. The molecule has 90 valence electrons. The summed E-state index contributed by atoms with van der Waals surface area (Å²) in [6.45, 7) is 9.25. The summed E-state index contributed by atoms with van der Waals surface area (Å²) < 4.78 is 5.55. The fraction of sp³-hybridized carbons (Fsp3) is 0.714. The maximum absolute atomic E-state index is 5.55. The van der Waals surface area contributed by atoms with Crippen molar-refractivity contribution in [1.82, 2.24) is 4.90 Å². The molecule has 3 atom stereocenters. The van der Waals surface area contributed by atoms with Crippen LogP contribution in [-0.4, -0.2) is 24.0 Å². The third kappa shape index (κ3) is 2.17. The van der Waals surface area contributed by atoms with E-state index in [0.717, 1.165) is 18.5 Å². The molecule has 0 spiro atoms. The smallest absolute Gasteiger partial charge is 0.108 e. The van der Waals surface area contributed by atoms with Gasteiger partial charge in [-0.3, -0.25) is 4.90 Å². The van der Waals surface area contributed by atoms with Crippen molar-refractivity contribution in [1.29, 1.82) is 0 Å². The average Bonchev–Trinajstić information content (AvgIpc) is 2.95. The topological polar surface area (TPSA) is 16.4 Å². The van der Waals surface area contributed by atoms with Crippen molar-refractivity contribution in [3.8, 4) is 0 Å². The summed E-state index contributed by atoms with van der Waals surface area (Å²) in [6, 6.07) is 4.87. The molecule has 2 rings (SSSR count). The molecule has 1 aliphatic rings. The number of furan rings is 1. The van der Waals surface area contributed by atoms with Crippen molar-refractivity contribution >= 4 is 0 Å². The van der Waals surface area contributed by atoms with Gasteiger partial charge in [0.1, 0.15) is 5.76 Å². The summed E-state index contributed by atoms with van der Waals surface area (Å²) in [5, 5.41) is 0. The third-order valence-corrected chi connectivity index (χ3v) is 4.10. The molecule has 2 nitrogen and oxygen atoms in total. The molecule has 1 aliphatic heterocycles. The SMILES string of the molecule is CCC(C)[C@@H]1C[C@H](c2ccco2)CN1CC. The van der Waals surface area contributed by atoms with Crippen LogP contribution in [0.5, 0.6) is 0 Å². The molecule has 0 aliphatic carbocycles. The van der Waals surface area contributed by atoms with E-state index in [4.69, 9.17) is 4.42 Å². The Balaban J connectivity index is 2.07. The molecule has 1 saturated heterocycles. The quantitative estimate of drug-likeness (QED) is 0.773. The van der Waals surface area contributed by atoms with Crippen LogP contribution in [0, 0.1) is 5.92 Å². The molecule has 2 heterocycles. The third-order valence-electron chi connectivity index (χ3n) is 4.10. The van der Waals surface area contributed by atoms with Crippen LogP contribution in [0.4, 0.5) is 0 Å². The van der Waals surface area contributed by atoms with Crippen molar-refractivity contribution in [3.05, 3.63) is 24.2 Å². The fourth-order valence-electron chi connectivity index (χ4n) is 2.89. The molecular weight excluding hydrogens is 198 g/mol. The molecule has 0 bridgehead atoms. The van der Waals surface area contributed by atoms with Crippen molar-refractivity contribution in [2.45, 2.75) is 45.6 Å². The lowest BCUT2D eigenvalue weighted by molar-refractivity contribution is 0.203. The molecule has 1 aromatic rings. The van der Waals surface area contributed by atoms with E-state index in [9.17, 15) is 0 Å². The largest absolute Gasteiger partial charge is 0.469 e. The van der Waals surface area contributed by atoms with Gasteiger partial charge in [-0.1, -0.05) is 27.2 Å². The van der Waals surface area contributed by atoms with Crippen LogP contribution in [0.15, 0.2) is 22.8 Å². The van der Waals surface area contributed by atoms with Crippen LogP contribution in [0.1, 0.15) is 45.3 Å². The Morgan fingerprint density at radius 1 is 1.50 bits per heavy atom. The van der Waals surface area contributed by atoms with E-state index >= 15 is 0 Å². The summed E-state index contributed by atoms with van der Waals surface area (Å²) >= 11 is 0. The summed E-state index contributed by atoms with van der Waals surface area (Å²) in [5.41, 5.74) is 0. The Morgan fingerprint density at radius 3 is 2.88 bits per heavy atom. The summed E-state index contributed by atoms with van der Waals surface area (Å²) in [5.74, 6) is 2.57. The van der Waals surface area contributed by atoms with E-state index < -0.39 is 0 Å². The molecule has 2 heteroatoms. The van der Waals surface area contributed by atoms with E-state index in [2.05, 4.69) is 31.7 Å². The first-order valence-corrected chi connectivity index (χ1v) is 6.53. The highest BCUT2D eigenvalue weighted by Gasteiger charge is 2.35. The molecule has 16 heavy (non-hydrogen) atoms. The van der Waals surface area contributed by atoms with Crippen molar-refractivity contribution < 1.29 is 4.42 Å². The number of likely N-dealkylation sites (tertiary alicyclic amines) is 1. The zero-order chi connectivity index (χ0) is 11.5. The summed E-state index contributed by atoms with van der Waals surface area (Å²) in [4.78, 5) is 2.61. The number of likely N-dealkylation sites (N-methyl/N-ethyl adjacent to an activating group) is 1. The van der Waals surface area contributed by atoms with Crippen LogP contribution in [0.2, 0.25) is 0 Å². The molecule has 0 radical (unpaired) electrons. The number of rotatable bonds is 4. The van der Waals surface area contributed by atoms with Crippen LogP contribution in [0.3, 0.4) is 0 Å². The van der Waals surface area contributed by atoms with Crippen molar-refractivity contribution in [3.63, 3.8) is 0 Å². The number of hydrogen-bond donors (Lipinski definition) is 0. The van der Waals surface area contributed by atoms with Gasteiger partial charge in [0.25, 0.3) is 0 Å². The lowest BCUT2D eigenvalue weighted by Crippen LogP contribution is -2.33. The van der Waals surface area contributed by atoms with E-state index in [1.165, 1.54) is 25.1 Å². The average molecular weight is 221 g/mol. The van der Waals surface area contributed by atoms with Gasteiger partial charge in [0, 0.05) is 18.5 Å². The van der Waals surface area contributed by atoms with Crippen LogP contribution < -0.4 is 0 Å². The second-order valence-corrected chi connectivity index (χ2v) is 4.99. The van der Waals surface area contributed by atoms with Gasteiger partial charge in [0.05, 0.1) is 6.26 Å². The molecule has 1 aromatic heterocycles. The highest BCUT2D eigenvalue weighted by Crippen LogP contribution is 2.35. The minimum absolute atomic E-state index is 0.606. The van der Waals surface area contributed by atoms with E-state index in [1.54, 1.807) is 6.26 Å². The van der Waals surface area contributed by atoms with Crippen molar-refractivity contribution in [2.75, 3.05) is 13.1 Å². The lowest BCUT2D eigenvalue weighted by atomic mass is 9.93. The van der Waals surface area contributed by atoms with Gasteiger partial charge in [-0.2, -0.15) is 0 Å². The van der Waals surface area contributed by atoms with Crippen molar-refractivity contribution in [2.24, 2.45) is 5.92 Å². The van der Waals surface area contributed by atoms with Gasteiger partial charge in [-0.15, -0.1) is 0 Å². The fourth-order valence-corrected chi connectivity index (χ4v) is 2.89. The highest BCUT2D eigenvalue weighted by molar-refractivity contribution is 5.10. The van der Waals surface area contributed by atoms with Gasteiger partial charge in [0.15, 0.2) is 0 Å². The molecule has 1 fully saturated rings. The Kier molecular flexibility index (Phi) is 3.70. The predicted molar refractivity (Wildman–Crippen MR) is 66.6 cm³/mol. The molecule has 0 N–H and O–H groups in total. The zero-order valence-corrected chi connectivity index (χ0v) is 10.6. The summed E-state index contributed by atoms with van der Waals surface area (Å²) in [7, 11) is 0. The minimum Gasteiger partial charge on any atom is -0.469 e. The molecule has 0 saturated carbocycles. The second-order valence-electron chi connectivity index (χ2n) is 4.99. The van der Waals surface area contributed by atoms with Gasteiger partial charge < -0.3 is 4.42 Å². The molecule has 0 aromatic carbocycles. The monoisotopic (exact) mass is 221 g/mol.